The highest BCUT2D eigenvalue weighted by molar-refractivity contribution is 6.03. The number of carbonyl (C=O) groups is 3. The fourth-order valence-corrected chi connectivity index (χ4v) is 5.64. The normalized spacial score (nSPS) is 18.6. The van der Waals surface area contributed by atoms with Gasteiger partial charge in [-0.2, -0.15) is 0 Å². The molecule has 2 N–H and O–H groups in total. The summed E-state index contributed by atoms with van der Waals surface area (Å²) < 4.78 is 20.4. The summed E-state index contributed by atoms with van der Waals surface area (Å²) in [7, 11) is 3.92. The van der Waals surface area contributed by atoms with Gasteiger partial charge < -0.3 is 24.7 Å². The number of rotatable bonds is 10. The van der Waals surface area contributed by atoms with Gasteiger partial charge in [0.1, 0.15) is 17.3 Å². The lowest BCUT2D eigenvalue weighted by molar-refractivity contribution is 0.0476. The molecule has 1 aliphatic rings. The molecule has 1 saturated heterocycles. The molecule has 3 aromatic carbocycles. The molecule has 3 aromatic rings. The standard InChI is InChI=1S/C33H37FN2O6/c1-21-26(13-8-14-29(21)34)30-27(31(39)22-9-6-11-24(37)17-22)19-36(33(41)42-16-5-4-15-35(2)3)20-28(30)32(40)23-10-7-12-25(38)18-23/h6-14,17-18,27-28,30,37-38H,4-5,15-16,19-20H2,1-3H3. The summed E-state index contributed by atoms with van der Waals surface area (Å²) in [6.45, 7) is 2.51. The summed E-state index contributed by atoms with van der Waals surface area (Å²) in [5.41, 5.74) is 1.22. The first-order valence-corrected chi connectivity index (χ1v) is 14.0. The molecule has 1 fully saturated rings. The van der Waals surface area contributed by atoms with Gasteiger partial charge in [-0.3, -0.25) is 9.59 Å². The fraction of sp³-hybridized carbons (Fsp3) is 0.364. The van der Waals surface area contributed by atoms with Crippen LogP contribution in [-0.2, 0) is 4.74 Å². The number of likely N-dealkylation sites (tertiary alicyclic amines) is 1. The van der Waals surface area contributed by atoms with Crippen molar-refractivity contribution in [3.8, 4) is 11.5 Å². The number of benzene rings is 3. The Morgan fingerprint density at radius 2 is 1.43 bits per heavy atom. The Morgan fingerprint density at radius 3 is 1.95 bits per heavy atom. The molecule has 0 bridgehead atoms. The third-order valence-electron chi connectivity index (χ3n) is 7.79. The van der Waals surface area contributed by atoms with Crippen LogP contribution in [0.4, 0.5) is 9.18 Å². The third kappa shape index (κ3) is 7.15. The Hall–Kier alpha value is -4.24. The second kappa shape index (κ2) is 13.6. The first-order valence-electron chi connectivity index (χ1n) is 14.0. The van der Waals surface area contributed by atoms with E-state index in [0.29, 0.717) is 17.5 Å². The van der Waals surface area contributed by atoms with Crippen LogP contribution in [0.2, 0.25) is 0 Å². The monoisotopic (exact) mass is 576 g/mol. The molecule has 0 spiro atoms. The van der Waals surface area contributed by atoms with Crippen molar-refractivity contribution in [2.24, 2.45) is 11.8 Å². The van der Waals surface area contributed by atoms with Gasteiger partial charge in [0, 0.05) is 42.0 Å². The molecular weight excluding hydrogens is 539 g/mol. The average Bonchev–Trinajstić information content (AvgIpc) is 2.97. The number of ketones is 2. The molecule has 1 heterocycles. The predicted octanol–water partition coefficient (Wildman–Crippen LogP) is 5.42. The quantitative estimate of drug-likeness (QED) is 0.245. The third-order valence-corrected chi connectivity index (χ3v) is 7.79. The summed E-state index contributed by atoms with van der Waals surface area (Å²) in [6.07, 6.45) is 0.843. The van der Waals surface area contributed by atoms with Crippen LogP contribution >= 0.6 is 0 Å². The Balaban J connectivity index is 1.76. The maximum absolute atomic E-state index is 14.9. The Morgan fingerprint density at radius 1 is 0.881 bits per heavy atom. The van der Waals surface area contributed by atoms with Crippen molar-refractivity contribution in [2.45, 2.75) is 25.7 Å². The summed E-state index contributed by atoms with van der Waals surface area (Å²) in [5.74, 6) is -4.16. The van der Waals surface area contributed by atoms with E-state index in [0.717, 1.165) is 13.0 Å². The van der Waals surface area contributed by atoms with Crippen molar-refractivity contribution >= 4 is 17.7 Å². The Bertz CT molecular complexity index is 1370. The number of piperidine rings is 1. The molecule has 9 heteroatoms. The molecule has 1 aliphatic heterocycles. The number of unbranched alkanes of at least 4 members (excludes halogenated alkanes) is 1. The molecule has 8 nitrogen and oxygen atoms in total. The molecule has 0 aliphatic carbocycles. The molecule has 42 heavy (non-hydrogen) atoms. The number of carbonyl (C=O) groups excluding carboxylic acids is 3. The van der Waals surface area contributed by atoms with Gasteiger partial charge in [0.2, 0.25) is 0 Å². The van der Waals surface area contributed by atoms with Gasteiger partial charge in [-0.05, 0) is 81.9 Å². The molecule has 222 valence electrons. The topological polar surface area (TPSA) is 107 Å². The molecular formula is C33H37FN2O6. The number of amides is 1. The van der Waals surface area contributed by atoms with E-state index in [2.05, 4.69) is 0 Å². The number of hydrogen-bond acceptors (Lipinski definition) is 7. The lowest BCUT2D eigenvalue weighted by Crippen LogP contribution is -2.52. The average molecular weight is 577 g/mol. The summed E-state index contributed by atoms with van der Waals surface area (Å²) in [4.78, 5) is 44.9. The highest BCUT2D eigenvalue weighted by Crippen LogP contribution is 2.43. The van der Waals surface area contributed by atoms with Crippen molar-refractivity contribution in [1.29, 1.82) is 0 Å². The maximum Gasteiger partial charge on any atom is 0.409 e. The van der Waals surface area contributed by atoms with Crippen molar-refractivity contribution in [2.75, 3.05) is 40.3 Å². The van der Waals surface area contributed by atoms with Crippen molar-refractivity contribution < 1.29 is 33.7 Å². The lowest BCUT2D eigenvalue weighted by Gasteiger charge is -2.43. The summed E-state index contributed by atoms with van der Waals surface area (Å²) in [6, 6.07) is 16.3. The van der Waals surface area contributed by atoms with E-state index >= 15 is 0 Å². The largest absolute Gasteiger partial charge is 0.508 e. The van der Waals surface area contributed by atoms with Gasteiger partial charge in [0.15, 0.2) is 11.6 Å². The molecule has 1 amide bonds. The minimum absolute atomic E-state index is 0.0601. The number of nitrogens with zero attached hydrogens (tertiary/aromatic N) is 2. The van der Waals surface area contributed by atoms with Crippen LogP contribution in [0.25, 0.3) is 0 Å². The smallest absolute Gasteiger partial charge is 0.409 e. The zero-order valence-corrected chi connectivity index (χ0v) is 24.1. The van der Waals surface area contributed by atoms with Gasteiger partial charge in [-0.15, -0.1) is 0 Å². The molecule has 0 saturated carbocycles. The van der Waals surface area contributed by atoms with Crippen LogP contribution in [0.5, 0.6) is 11.5 Å². The molecule has 4 rings (SSSR count). The van der Waals surface area contributed by atoms with Crippen LogP contribution in [0.1, 0.15) is 50.6 Å². The van der Waals surface area contributed by atoms with E-state index in [4.69, 9.17) is 4.74 Å². The van der Waals surface area contributed by atoms with E-state index < -0.39 is 41.2 Å². The number of phenolic OH excluding ortho intramolecular Hbond substituents is 2. The van der Waals surface area contributed by atoms with Crippen LogP contribution in [0, 0.1) is 24.6 Å². The number of hydrogen-bond donors (Lipinski definition) is 2. The minimum atomic E-state index is -0.950. The Labute approximate surface area is 245 Å². The zero-order chi connectivity index (χ0) is 30.4. The highest BCUT2D eigenvalue weighted by Gasteiger charge is 2.47. The maximum atomic E-state index is 14.9. The van der Waals surface area contributed by atoms with E-state index in [1.54, 1.807) is 37.3 Å². The summed E-state index contributed by atoms with van der Waals surface area (Å²) in [5, 5.41) is 20.2. The fourth-order valence-electron chi connectivity index (χ4n) is 5.64. The number of Topliss-reactive ketones (excluding diaryl/α,β-unsaturated/α-hetero) is 2. The van der Waals surface area contributed by atoms with Crippen LogP contribution in [0.3, 0.4) is 0 Å². The first-order chi connectivity index (χ1) is 20.1. The number of phenols is 2. The SMILES string of the molecule is Cc1c(F)cccc1C1C(C(=O)c2cccc(O)c2)CN(C(=O)OCCCCN(C)C)CC1C(=O)c1cccc(O)c1. The van der Waals surface area contributed by atoms with Crippen LogP contribution in [0.15, 0.2) is 66.7 Å². The molecule has 2 atom stereocenters. The van der Waals surface area contributed by atoms with Gasteiger partial charge in [-0.25, -0.2) is 9.18 Å². The minimum Gasteiger partial charge on any atom is -0.508 e. The number of aromatic hydroxyl groups is 2. The van der Waals surface area contributed by atoms with Gasteiger partial charge in [0.25, 0.3) is 0 Å². The van der Waals surface area contributed by atoms with Crippen molar-refractivity contribution in [3.63, 3.8) is 0 Å². The van der Waals surface area contributed by atoms with E-state index in [-0.39, 0.29) is 42.3 Å². The highest BCUT2D eigenvalue weighted by atomic mass is 19.1. The number of ether oxygens (including phenoxy) is 1. The van der Waals surface area contributed by atoms with Crippen molar-refractivity contribution in [1.82, 2.24) is 9.80 Å². The lowest BCUT2D eigenvalue weighted by atomic mass is 9.68. The van der Waals surface area contributed by atoms with Gasteiger partial charge >= 0.3 is 6.09 Å². The van der Waals surface area contributed by atoms with E-state index in [9.17, 15) is 29.0 Å². The van der Waals surface area contributed by atoms with Crippen LogP contribution in [-0.4, -0.2) is 78.0 Å². The summed E-state index contributed by atoms with van der Waals surface area (Å²) >= 11 is 0. The zero-order valence-electron chi connectivity index (χ0n) is 24.1. The number of halogens is 1. The van der Waals surface area contributed by atoms with Crippen molar-refractivity contribution in [3.05, 3.63) is 94.8 Å². The van der Waals surface area contributed by atoms with Gasteiger partial charge in [0.05, 0.1) is 6.61 Å². The first kappa shape index (κ1) is 30.7. The predicted molar refractivity (Wildman–Crippen MR) is 156 cm³/mol. The molecule has 0 radical (unpaired) electrons. The second-order valence-electron chi connectivity index (χ2n) is 11.1. The van der Waals surface area contributed by atoms with Gasteiger partial charge in [-0.1, -0.05) is 36.4 Å². The Kier molecular flexibility index (Phi) is 9.96. The molecule has 2 unspecified atom stereocenters. The second-order valence-corrected chi connectivity index (χ2v) is 11.1. The molecule has 0 aromatic heterocycles. The van der Waals surface area contributed by atoms with E-state index in [1.165, 1.54) is 41.3 Å². The van der Waals surface area contributed by atoms with Crippen LogP contribution < -0.4 is 0 Å². The van der Waals surface area contributed by atoms with E-state index in [1.807, 2.05) is 19.0 Å².